The predicted octanol–water partition coefficient (Wildman–Crippen LogP) is 3.36. The van der Waals surface area contributed by atoms with Gasteiger partial charge in [0, 0.05) is 0 Å². The molecule has 0 aromatic heterocycles. The van der Waals surface area contributed by atoms with Gasteiger partial charge in [0.25, 0.3) is 0 Å². The zero-order valence-corrected chi connectivity index (χ0v) is 16.8. The van der Waals surface area contributed by atoms with Gasteiger partial charge in [-0.2, -0.15) is 0 Å². The molecule has 0 bridgehead atoms. The number of nitrogens with one attached hydrogen (secondary N) is 1. The molecule has 0 saturated heterocycles. The van der Waals surface area contributed by atoms with Crippen molar-refractivity contribution in [2.75, 3.05) is 18.1 Å². The van der Waals surface area contributed by atoms with Crippen molar-refractivity contribution < 1.29 is 17.9 Å². The number of sulfone groups is 1. The Kier molecular flexibility index (Phi) is 7.42. The van der Waals surface area contributed by atoms with Crippen LogP contribution in [0.2, 0.25) is 0 Å². The van der Waals surface area contributed by atoms with Crippen molar-refractivity contribution in [2.45, 2.75) is 26.8 Å². The second kappa shape index (κ2) is 9.55. The van der Waals surface area contributed by atoms with Gasteiger partial charge in [0.2, 0.25) is 5.91 Å². The summed E-state index contributed by atoms with van der Waals surface area (Å²) in [6.07, 6.45) is 0. The fourth-order valence-electron chi connectivity index (χ4n) is 2.90. The number of hydrogen-bond acceptors (Lipinski definition) is 4. The highest BCUT2D eigenvalue weighted by atomic mass is 32.2. The van der Waals surface area contributed by atoms with Gasteiger partial charge in [0.05, 0.1) is 18.4 Å². The highest BCUT2D eigenvalue weighted by molar-refractivity contribution is 7.92. The lowest BCUT2D eigenvalue weighted by Gasteiger charge is -2.20. The van der Waals surface area contributed by atoms with E-state index in [1.165, 1.54) is 0 Å². The zero-order valence-electron chi connectivity index (χ0n) is 16.0. The van der Waals surface area contributed by atoms with Crippen molar-refractivity contribution in [2.24, 2.45) is 5.92 Å². The maximum Gasteiger partial charge on any atom is 0.235 e. The Morgan fingerprint density at radius 2 is 1.59 bits per heavy atom. The summed E-state index contributed by atoms with van der Waals surface area (Å²) in [5, 5.41) is 2.87. The predicted molar refractivity (Wildman–Crippen MR) is 108 cm³/mol. The van der Waals surface area contributed by atoms with Crippen LogP contribution in [-0.2, 0) is 14.6 Å². The van der Waals surface area contributed by atoms with E-state index in [1.54, 1.807) is 0 Å². The second-order valence-corrected chi connectivity index (χ2v) is 8.97. The molecule has 0 aliphatic rings. The van der Waals surface area contributed by atoms with Gasteiger partial charge in [-0.05, 0) is 36.1 Å². The van der Waals surface area contributed by atoms with Crippen LogP contribution in [0.3, 0.4) is 0 Å². The van der Waals surface area contributed by atoms with Crippen molar-refractivity contribution in [3.8, 4) is 5.75 Å². The molecular formula is C21H27NO4S. The van der Waals surface area contributed by atoms with Crippen LogP contribution in [0.5, 0.6) is 5.75 Å². The van der Waals surface area contributed by atoms with Gasteiger partial charge < -0.3 is 10.1 Å². The molecule has 146 valence electrons. The fourth-order valence-corrected chi connectivity index (χ4v) is 4.51. The molecule has 0 aliphatic carbocycles. The Balaban J connectivity index is 2.22. The normalized spacial score (nSPS) is 12.6. The monoisotopic (exact) mass is 389 g/mol. The van der Waals surface area contributed by atoms with Crippen LogP contribution in [-0.4, -0.2) is 32.4 Å². The summed E-state index contributed by atoms with van der Waals surface area (Å²) in [5.74, 6) is -0.276. The van der Waals surface area contributed by atoms with Crippen molar-refractivity contribution in [1.29, 1.82) is 0 Å². The Labute approximate surface area is 161 Å². The van der Waals surface area contributed by atoms with E-state index in [4.69, 9.17) is 4.74 Å². The van der Waals surface area contributed by atoms with E-state index >= 15 is 0 Å². The molecule has 1 unspecified atom stereocenters. The van der Waals surface area contributed by atoms with E-state index in [1.807, 2.05) is 75.4 Å². The Bertz CT molecular complexity index is 830. The van der Waals surface area contributed by atoms with Gasteiger partial charge in [-0.25, -0.2) is 8.42 Å². The molecule has 6 heteroatoms. The molecule has 0 spiro atoms. The van der Waals surface area contributed by atoms with E-state index in [9.17, 15) is 13.2 Å². The lowest BCUT2D eigenvalue weighted by atomic mass is 9.98. The van der Waals surface area contributed by atoms with Crippen LogP contribution < -0.4 is 10.1 Å². The van der Waals surface area contributed by atoms with Gasteiger partial charge >= 0.3 is 0 Å². The molecule has 0 saturated carbocycles. The molecule has 1 amide bonds. The number of carbonyl (C=O) groups is 1. The summed E-state index contributed by atoms with van der Waals surface area (Å²) < 4.78 is 29.8. The molecule has 0 radical (unpaired) electrons. The van der Waals surface area contributed by atoms with Crippen molar-refractivity contribution in [3.63, 3.8) is 0 Å². The number of rotatable bonds is 9. The molecule has 2 aromatic rings. The molecule has 2 rings (SSSR count). The van der Waals surface area contributed by atoms with Gasteiger partial charge in [-0.1, -0.05) is 56.3 Å². The van der Waals surface area contributed by atoms with E-state index in [0.29, 0.717) is 6.61 Å². The average Bonchev–Trinajstić information content (AvgIpc) is 2.60. The Hall–Kier alpha value is -2.34. The third-order valence-electron chi connectivity index (χ3n) is 3.90. The minimum absolute atomic E-state index is 0.000519. The molecule has 1 N–H and O–H groups in total. The molecule has 2 aromatic carbocycles. The molecule has 5 nitrogen and oxygen atoms in total. The van der Waals surface area contributed by atoms with Gasteiger partial charge in [0.1, 0.15) is 11.5 Å². The van der Waals surface area contributed by atoms with Crippen LogP contribution in [0.15, 0.2) is 54.6 Å². The van der Waals surface area contributed by atoms with E-state index in [0.717, 1.165) is 16.9 Å². The summed E-state index contributed by atoms with van der Waals surface area (Å²) in [4.78, 5) is 12.5. The first-order valence-electron chi connectivity index (χ1n) is 9.08. The number of amides is 1. The van der Waals surface area contributed by atoms with E-state index < -0.39 is 27.5 Å². The molecular weight excluding hydrogens is 362 g/mol. The third kappa shape index (κ3) is 6.71. The highest BCUT2D eigenvalue weighted by Crippen LogP contribution is 2.24. The molecule has 0 fully saturated rings. The van der Waals surface area contributed by atoms with Gasteiger partial charge in [0.15, 0.2) is 9.84 Å². The standard InChI is InChI=1S/C21H27NO4S/c1-4-26-19-12-10-18(11-13-19)21(17-8-6-5-7-9-17)22-20(23)15-27(24,25)14-16(2)3/h5-13,16,21H,4,14-15H2,1-3H3,(H,22,23). The summed E-state index contributed by atoms with van der Waals surface area (Å²) in [7, 11) is -3.44. The van der Waals surface area contributed by atoms with Crippen LogP contribution >= 0.6 is 0 Å². The minimum Gasteiger partial charge on any atom is -0.494 e. The maximum absolute atomic E-state index is 12.5. The topological polar surface area (TPSA) is 72.5 Å². The van der Waals surface area contributed by atoms with Crippen LogP contribution in [0.4, 0.5) is 0 Å². The first-order chi connectivity index (χ1) is 12.8. The Morgan fingerprint density at radius 1 is 1.00 bits per heavy atom. The van der Waals surface area contributed by atoms with Crippen LogP contribution in [0.25, 0.3) is 0 Å². The average molecular weight is 390 g/mol. The fraction of sp³-hybridized carbons (Fsp3) is 0.381. The quantitative estimate of drug-likeness (QED) is 0.714. The largest absolute Gasteiger partial charge is 0.494 e. The molecule has 1 atom stereocenters. The summed E-state index contributed by atoms with van der Waals surface area (Å²) in [6, 6.07) is 16.5. The molecule has 0 heterocycles. The summed E-state index contributed by atoms with van der Waals surface area (Å²) >= 11 is 0. The molecule has 27 heavy (non-hydrogen) atoms. The number of benzene rings is 2. The number of hydrogen-bond donors (Lipinski definition) is 1. The minimum atomic E-state index is -3.44. The Morgan fingerprint density at radius 3 is 2.15 bits per heavy atom. The maximum atomic E-state index is 12.5. The lowest BCUT2D eigenvalue weighted by Crippen LogP contribution is -2.35. The number of carbonyl (C=O) groups excluding carboxylic acids is 1. The van der Waals surface area contributed by atoms with E-state index in [-0.39, 0.29) is 11.7 Å². The first-order valence-corrected chi connectivity index (χ1v) is 10.9. The van der Waals surface area contributed by atoms with Crippen molar-refractivity contribution in [1.82, 2.24) is 5.32 Å². The SMILES string of the molecule is CCOc1ccc(C(NC(=O)CS(=O)(=O)CC(C)C)c2ccccc2)cc1. The lowest BCUT2D eigenvalue weighted by molar-refractivity contribution is -0.119. The number of ether oxygens (including phenoxy) is 1. The third-order valence-corrected chi connectivity index (χ3v) is 5.78. The summed E-state index contributed by atoms with van der Waals surface area (Å²) in [6.45, 7) is 6.13. The molecule has 0 aliphatic heterocycles. The first kappa shape index (κ1) is 21.0. The van der Waals surface area contributed by atoms with Gasteiger partial charge in [-0.15, -0.1) is 0 Å². The second-order valence-electron chi connectivity index (χ2n) is 6.86. The summed E-state index contributed by atoms with van der Waals surface area (Å²) in [5.41, 5.74) is 1.75. The smallest absolute Gasteiger partial charge is 0.235 e. The van der Waals surface area contributed by atoms with Gasteiger partial charge in [-0.3, -0.25) is 4.79 Å². The van der Waals surface area contributed by atoms with E-state index in [2.05, 4.69) is 5.32 Å². The highest BCUT2D eigenvalue weighted by Gasteiger charge is 2.22. The van der Waals surface area contributed by atoms with Crippen molar-refractivity contribution in [3.05, 3.63) is 65.7 Å². The van der Waals surface area contributed by atoms with Crippen LogP contribution in [0, 0.1) is 5.92 Å². The zero-order chi connectivity index (χ0) is 19.9. The van der Waals surface area contributed by atoms with Crippen LogP contribution in [0.1, 0.15) is 37.9 Å². The van der Waals surface area contributed by atoms with Crippen molar-refractivity contribution >= 4 is 15.7 Å².